The Morgan fingerprint density at radius 3 is 2.10 bits per heavy atom. The highest BCUT2D eigenvalue weighted by Gasteiger charge is 1.98. The highest BCUT2D eigenvalue weighted by atomic mass is 16.5. The van der Waals surface area contributed by atoms with Crippen molar-refractivity contribution < 1.29 is 4.74 Å². The summed E-state index contributed by atoms with van der Waals surface area (Å²) in [5.41, 5.74) is 3.86. The first-order chi connectivity index (χ1) is 10.1. The van der Waals surface area contributed by atoms with E-state index < -0.39 is 0 Å². The second-order valence-corrected chi connectivity index (χ2v) is 5.83. The average Bonchev–Trinajstić information content (AvgIpc) is 2.48. The summed E-state index contributed by atoms with van der Waals surface area (Å²) in [5.74, 6) is 0.937. The molecule has 0 heterocycles. The van der Waals surface area contributed by atoms with Gasteiger partial charge in [-0.2, -0.15) is 0 Å². The van der Waals surface area contributed by atoms with E-state index in [9.17, 15) is 0 Å². The highest BCUT2D eigenvalue weighted by molar-refractivity contribution is 5.28. The van der Waals surface area contributed by atoms with Crippen molar-refractivity contribution in [2.24, 2.45) is 0 Å². The third-order valence-electron chi connectivity index (χ3n) is 3.52. The van der Waals surface area contributed by atoms with E-state index in [1.165, 1.54) is 23.1 Å². The molecule has 0 aromatic heterocycles. The lowest BCUT2D eigenvalue weighted by atomic mass is 10.1. The number of benzene rings is 2. The van der Waals surface area contributed by atoms with Gasteiger partial charge in [0.2, 0.25) is 0 Å². The Kier molecular flexibility index (Phi) is 5.82. The Labute approximate surface area is 128 Å². The first-order valence-corrected chi connectivity index (χ1v) is 7.55. The summed E-state index contributed by atoms with van der Waals surface area (Å²) in [6.07, 6.45) is 2.31. The second-order valence-electron chi connectivity index (χ2n) is 5.83. The molecule has 0 aliphatic heterocycles. The van der Waals surface area contributed by atoms with Crippen molar-refractivity contribution in [1.29, 1.82) is 0 Å². The minimum absolute atomic E-state index is 0.625. The summed E-state index contributed by atoms with van der Waals surface area (Å²) in [6.45, 7) is 3.85. The number of rotatable bonds is 7. The van der Waals surface area contributed by atoms with Crippen LogP contribution in [-0.4, -0.2) is 25.5 Å². The maximum absolute atomic E-state index is 5.82. The fourth-order valence-corrected chi connectivity index (χ4v) is 2.20. The number of nitrogens with zero attached hydrogens (tertiary/aromatic N) is 1. The van der Waals surface area contributed by atoms with Gasteiger partial charge >= 0.3 is 0 Å². The van der Waals surface area contributed by atoms with Crippen molar-refractivity contribution in [3.05, 3.63) is 65.2 Å². The Morgan fingerprint density at radius 1 is 0.857 bits per heavy atom. The Hall–Kier alpha value is -1.80. The van der Waals surface area contributed by atoms with Gasteiger partial charge in [-0.15, -0.1) is 0 Å². The molecule has 0 bridgehead atoms. The van der Waals surface area contributed by atoms with Crippen LogP contribution in [0.15, 0.2) is 48.5 Å². The maximum Gasteiger partial charge on any atom is 0.119 e. The van der Waals surface area contributed by atoms with E-state index in [0.29, 0.717) is 6.61 Å². The largest absolute Gasteiger partial charge is 0.489 e. The molecule has 0 fully saturated rings. The molecule has 0 spiro atoms. The van der Waals surface area contributed by atoms with Gasteiger partial charge < -0.3 is 9.64 Å². The van der Waals surface area contributed by atoms with Gasteiger partial charge in [-0.05, 0) is 63.7 Å². The predicted molar refractivity (Wildman–Crippen MR) is 88.8 cm³/mol. The summed E-state index contributed by atoms with van der Waals surface area (Å²) in [4.78, 5) is 2.22. The van der Waals surface area contributed by atoms with Crippen LogP contribution < -0.4 is 4.74 Å². The Bertz CT molecular complexity index is 528. The van der Waals surface area contributed by atoms with E-state index in [4.69, 9.17) is 4.74 Å². The van der Waals surface area contributed by atoms with Gasteiger partial charge in [-0.1, -0.05) is 42.0 Å². The monoisotopic (exact) mass is 283 g/mol. The molecule has 0 aliphatic carbocycles. The van der Waals surface area contributed by atoms with Crippen LogP contribution in [0.25, 0.3) is 0 Å². The van der Waals surface area contributed by atoms with Gasteiger partial charge in [0.05, 0.1) is 0 Å². The highest BCUT2D eigenvalue weighted by Crippen LogP contribution is 2.15. The second kappa shape index (κ2) is 7.84. The molecule has 2 heteroatoms. The lowest BCUT2D eigenvalue weighted by molar-refractivity contribution is 0.306. The summed E-state index contributed by atoms with van der Waals surface area (Å²) in [6, 6.07) is 16.9. The van der Waals surface area contributed by atoms with E-state index in [2.05, 4.69) is 74.4 Å². The van der Waals surface area contributed by atoms with E-state index in [1.807, 2.05) is 0 Å². The third kappa shape index (κ3) is 5.60. The summed E-state index contributed by atoms with van der Waals surface area (Å²) in [5, 5.41) is 0. The zero-order chi connectivity index (χ0) is 15.1. The molecule has 0 N–H and O–H groups in total. The van der Waals surface area contributed by atoms with Gasteiger partial charge in [-0.25, -0.2) is 0 Å². The summed E-state index contributed by atoms with van der Waals surface area (Å²) < 4.78 is 5.82. The van der Waals surface area contributed by atoms with Gasteiger partial charge in [-0.3, -0.25) is 0 Å². The fraction of sp³-hybridized carbons (Fsp3) is 0.368. The van der Waals surface area contributed by atoms with Crippen molar-refractivity contribution in [1.82, 2.24) is 4.90 Å². The smallest absolute Gasteiger partial charge is 0.119 e. The van der Waals surface area contributed by atoms with E-state index in [-0.39, 0.29) is 0 Å². The topological polar surface area (TPSA) is 12.5 Å². The molecular weight excluding hydrogens is 258 g/mol. The summed E-state index contributed by atoms with van der Waals surface area (Å²) >= 11 is 0. The number of ether oxygens (including phenoxy) is 1. The fourth-order valence-electron chi connectivity index (χ4n) is 2.20. The van der Waals surface area contributed by atoms with Crippen LogP contribution in [0.2, 0.25) is 0 Å². The number of hydrogen-bond donors (Lipinski definition) is 0. The molecule has 0 unspecified atom stereocenters. The SMILES string of the molecule is Cc1ccc(COc2ccc(CCCN(C)C)cc2)cc1. The molecular formula is C19H25NO. The van der Waals surface area contributed by atoms with Crippen LogP contribution in [0.1, 0.15) is 23.1 Å². The zero-order valence-corrected chi connectivity index (χ0v) is 13.3. The van der Waals surface area contributed by atoms with Gasteiger partial charge in [0.1, 0.15) is 12.4 Å². The molecule has 21 heavy (non-hydrogen) atoms. The number of hydrogen-bond acceptors (Lipinski definition) is 2. The molecule has 0 amide bonds. The standard InChI is InChI=1S/C19H25NO/c1-16-6-8-18(9-7-16)15-21-19-12-10-17(11-13-19)5-4-14-20(2)3/h6-13H,4-5,14-15H2,1-3H3. The molecule has 2 nitrogen and oxygen atoms in total. The van der Waals surface area contributed by atoms with Crippen molar-refractivity contribution in [3.8, 4) is 5.75 Å². The van der Waals surface area contributed by atoms with E-state index >= 15 is 0 Å². The first kappa shape index (κ1) is 15.6. The van der Waals surface area contributed by atoms with Crippen LogP contribution in [0, 0.1) is 6.92 Å². The maximum atomic E-state index is 5.82. The van der Waals surface area contributed by atoms with Crippen molar-refractivity contribution in [2.75, 3.05) is 20.6 Å². The van der Waals surface area contributed by atoms with Crippen LogP contribution >= 0.6 is 0 Å². The lowest BCUT2D eigenvalue weighted by Gasteiger charge is -2.10. The molecule has 112 valence electrons. The van der Waals surface area contributed by atoms with Crippen LogP contribution in [0.5, 0.6) is 5.75 Å². The average molecular weight is 283 g/mol. The normalized spacial score (nSPS) is 10.9. The zero-order valence-electron chi connectivity index (χ0n) is 13.3. The predicted octanol–water partition coefficient (Wildman–Crippen LogP) is 4.07. The molecule has 2 aromatic rings. The van der Waals surface area contributed by atoms with Crippen molar-refractivity contribution >= 4 is 0 Å². The Balaban J connectivity index is 1.80. The molecule has 0 atom stereocenters. The molecule has 2 rings (SSSR count). The Morgan fingerprint density at radius 2 is 1.48 bits per heavy atom. The minimum Gasteiger partial charge on any atom is -0.489 e. The van der Waals surface area contributed by atoms with Gasteiger partial charge in [0.15, 0.2) is 0 Å². The number of aryl methyl sites for hydroxylation is 2. The molecule has 0 saturated carbocycles. The van der Waals surface area contributed by atoms with Crippen molar-refractivity contribution in [3.63, 3.8) is 0 Å². The van der Waals surface area contributed by atoms with Crippen LogP contribution in [-0.2, 0) is 13.0 Å². The minimum atomic E-state index is 0.625. The molecule has 2 aromatic carbocycles. The first-order valence-electron chi connectivity index (χ1n) is 7.55. The van der Waals surface area contributed by atoms with E-state index in [1.54, 1.807) is 0 Å². The molecule has 0 radical (unpaired) electrons. The molecule has 0 saturated heterocycles. The van der Waals surface area contributed by atoms with Crippen LogP contribution in [0.4, 0.5) is 0 Å². The lowest BCUT2D eigenvalue weighted by Crippen LogP contribution is -2.13. The van der Waals surface area contributed by atoms with Gasteiger partial charge in [0.25, 0.3) is 0 Å². The van der Waals surface area contributed by atoms with Crippen molar-refractivity contribution in [2.45, 2.75) is 26.4 Å². The quantitative estimate of drug-likeness (QED) is 0.759. The van der Waals surface area contributed by atoms with Crippen LogP contribution in [0.3, 0.4) is 0 Å². The van der Waals surface area contributed by atoms with E-state index in [0.717, 1.165) is 18.7 Å². The molecule has 0 aliphatic rings. The summed E-state index contributed by atoms with van der Waals surface area (Å²) in [7, 11) is 4.23. The third-order valence-corrected chi connectivity index (χ3v) is 3.52. The van der Waals surface area contributed by atoms with Gasteiger partial charge in [0, 0.05) is 0 Å².